The molecule has 0 spiro atoms. The molecule has 11 nitrogen and oxygen atoms in total. The number of hydrogen-bond donors (Lipinski definition) is 6. The van der Waals surface area contributed by atoms with E-state index in [0.29, 0.717) is 5.56 Å². The van der Waals surface area contributed by atoms with Gasteiger partial charge in [0.05, 0.1) is 6.10 Å². The number of phenolic OH excluding ortho intramolecular Hbond substituents is 1. The van der Waals surface area contributed by atoms with Crippen LogP contribution in [0, 0.1) is 0 Å². The van der Waals surface area contributed by atoms with Crippen molar-refractivity contribution in [2.24, 2.45) is 5.73 Å². The number of rotatable bonds is 13. The van der Waals surface area contributed by atoms with Crippen LogP contribution in [-0.4, -0.2) is 58.3 Å². The monoisotopic (exact) mass is 562 g/mol. The zero-order valence-corrected chi connectivity index (χ0v) is 22.5. The number of carbonyl (C=O) groups excluding carboxylic acids is 4. The summed E-state index contributed by atoms with van der Waals surface area (Å²) in [5.41, 5.74) is 7.43. The van der Waals surface area contributed by atoms with Crippen molar-refractivity contribution in [1.29, 1.82) is 0 Å². The zero-order valence-electron chi connectivity index (χ0n) is 22.5. The topological polar surface area (TPSA) is 180 Å². The summed E-state index contributed by atoms with van der Waals surface area (Å²) in [5, 5.41) is 27.1. The van der Waals surface area contributed by atoms with E-state index in [9.17, 15) is 29.4 Å². The minimum Gasteiger partial charge on any atom is -0.508 e. The van der Waals surface area contributed by atoms with Gasteiger partial charge >= 0.3 is 6.09 Å². The van der Waals surface area contributed by atoms with Gasteiger partial charge in [-0.05, 0) is 35.7 Å². The number of benzene rings is 3. The summed E-state index contributed by atoms with van der Waals surface area (Å²) >= 11 is 0. The molecule has 4 amide bonds. The van der Waals surface area contributed by atoms with Gasteiger partial charge < -0.3 is 36.6 Å². The highest BCUT2D eigenvalue weighted by Crippen LogP contribution is 2.13. The van der Waals surface area contributed by atoms with E-state index in [2.05, 4.69) is 16.0 Å². The molecule has 41 heavy (non-hydrogen) atoms. The maximum atomic E-state index is 13.5. The summed E-state index contributed by atoms with van der Waals surface area (Å²) in [6.07, 6.45) is -2.04. The van der Waals surface area contributed by atoms with Crippen LogP contribution in [-0.2, 0) is 38.6 Å². The van der Waals surface area contributed by atoms with Crippen molar-refractivity contribution in [3.63, 3.8) is 0 Å². The van der Waals surface area contributed by atoms with Crippen molar-refractivity contribution >= 4 is 23.8 Å². The third kappa shape index (κ3) is 9.97. The highest BCUT2D eigenvalue weighted by atomic mass is 16.5. The second-order valence-electron chi connectivity index (χ2n) is 9.51. The van der Waals surface area contributed by atoms with Crippen LogP contribution in [0.5, 0.6) is 5.75 Å². The number of hydrogen-bond acceptors (Lipinski definition) is 7. The Kier molecular flexibility index (Phi) is 11.2. The molecule has 0 heterocycles. The number of amides is 4. The van der Waals surface area contributed by atoms with Crippen molar-refractivity contribution in [3.8, 4) is 5.75 Å². The van der Waals surface area contributed by atoms with E-state index < -0.39 is 48.0 Å². The number of carbonyl (C=O) groups is 4. The van der Waals surface area contributed by atoms with Crippen LogP contribution in [0.4, 0.5) is 4.79 Å². The molecule has 0 bridgehead atoms. The lowest BCUT2D eigenvalue weighted by atomic mass is 10.0. The predicted octanol–water partition coefficient (Wildman–Crippen LogP) is 1.31. The van der Waals surface area contributed by atoms with E-state index >= 15 is 0 Å². The van der Waals surface area contributed by atoms with Crippen LogP contribution in [0.25, 0.3) is 0 Å². The van der Waals surface area contributed by atoms with Crippen LogP contribution in [0.15, 0.2) is 84.9 Å². The molecule has 11 heteroatoms. The fourth-order valence-electron chi connectivity index (χ4n) is 4.00. The smallest absolute Gasteiger partial charge is 0.408 e. The van der Waals surface area contributed by atoms with Crippen LogP contribution in [0.3, 0.4) is 0 Å². The van der Waals surface area contributed by atoms with E-state index in [1.165, 1.54) is 19.1 Å². The molecule has 0 fully saturated rings. The van der Waals surface area contributed by atoms with Gasteiger partial charge in [-0.3, -0.25) is 14.4 Å². The van der Waals surface area contributed by atoms with Crippen molar-refractivity contribution < 1.29 is 34.1 Å². The molecule has 0 saturated heterocycles. The highest BCUT2D eigenvalue weighted by molar-refractivity contribution is 5.94. The third-order valence-corrected chi connectivity index (χ3v) is 6.20. The molecule has 0 unspecified atom stereocenters. The van der Waals surface area contributed by atoms with Crippen LogP contribution in [0.2, 0.25) is 0 Å². The van der Waals surface area contributed by atoms with Crippen molar-refractivity contribution in [2.45, 2.75) is 50.6 Å². The van der Waals surface area contributed by atoms with E-state index in [-0.39, 0.29) is 25.2 Å². The van der Waals surface area contributed by atoms with Gasteiger partial charge in [-0.25, -0.2) is 4.79 Å². The van der Waals surface area contributed by atoms with Gasteiger partial charge in [0.15, 0.2) is 0 Å². The number of nitrogens with two attached hydrogens (primary N) is 1. The second kappa shape index (κ2) is 15.0. The Labute approximate surface area is 237 Å². The maximum absolute atomic E-state index is 13.5. The van der Waals surface area contributed by atoms with Gasteiger partial charge in [0, 0.05) is 12.8 Å². The summed E-state index contributed by atoms with van der Waals surface area (Å²) in [7, 11) is 0. The number of aliphatic hydroxyl groups is 1. The summed E-state index contributed by atoms with van der Waals surface area (Å²) in [5.74, 6) is -2.39. The molecule has 0 radical (unpaired) electrons. The Hall–Kier alpha value is -4.90. The lowest BCUT2D eigenvalue weighted by Crippen LogP contribution is -2.59. The minimum absolute atomic E-state index is 0.00785. The molecule has 0 saturated carbocycles. The third-order valence-electron chi connectivity index (χ3n) is 6.20. The Bertz CT molecular complexity index is 1300. The van der Waals surface area contributed by atoms with Gasteiger partial charge in [0.1, 0.15) is 30.5 Å². The van der Waals surface area contributed by atoms with Gasteiger partial charge in [-0.2, -0.15) is 0 Å². The summed E-state index contributed by atoms with van der Waals surface area (Å²) in [6, 6.07) is 20.3. The van der Waals surface area contributed by atoms with E-state index in [1.54, 1.807) is 48.5 Å². The largest absolute Gasteiger partial charge is 0.508 e. The molecule has 7 N–H and O–H groups in total. The first-order chi connectivity index (χ1) is 19.6. The number of nitrogens with one attached hydrogen (secondary N) is 3. The lowest BCUT2D eigenvalue weighted by molar-refractivity contribution is -0.133. The standard InChI is InChI=1S/C30H34N4O7/c1-19(35)26(27(31)37)34-29(39)24(17-21-12-14-23(36)15-13-21)32-28(38)25(16-20-8-4-2-5-9-20)33-30(40)41-18-22-10-6-3-7-11-22/h2-15,19,24-26,35-36H,16-18H2,1H3,(H2,31,37)(H,32,38)(H,33,40)(H,34,39)/t19-,24-,25-,26-/m1/s1. The number of aromatic hydroxyl groups is 1. The van der Waals surface area contributed by atoms with Crippen molar-refractivity contribution in [2.75, 3.05) is 0 Å². The average Bonchev–Trinajstić information content (AvgIpc) is 2.95. The van der Waals surface area contributed by atoms with Gasteiger partial charge in [-0.15, -0.1) is 0 Å². The van der Waals surface area contributed by atoms with Crippen LogP contribution < -0.4 is 21.7 Å². The molecule has 0 aliphatic carbocycles. The highest BCUT2D eigenvalue weighted by Gasteiger charge is 2.31. The fraction of sp³-hybridized carbons (Fsp3) is 0.267. The van der Waals surface area contributed by atoms with Crippen LogP contribution in [0.1, 0.15) is 23.6 Å². The minimum atomic E-state index is -1.40. The van der Waals surface area contributed by atoms with Gasteiger partial charge in [-0.1, -0.05) is 72.8 Å². The molecule has 0 aromatic heterocycles. The number of phenols is 1. The summed E-state index contributed by atoms with van der Waals surface area (Å²) in [4.78, 5) is 51.2. The second-order valence-corrected chi connectivity index (χ2v) is 9.51. The lowest BCUT2D eigenvalue weighted by Gasteiger charge is -2.25. The number of primary amides is 1. The molecular formula is C30H34N4O7. The molecule has 0 aliphatic rings. The quantitative estimate of drug-likeness (QED) is 0.182. The molecule has 3 rings (SSSR count). The fourth-order valence-corrected chi connectivity index (χ4v) is 4.00. The van der Waals surface area contributed by atoms with Gasteiger partial charge in [0.2, 0.25) is 17.7 Å². The van der Waals surface area contributed by atoms with E-state index in [0.717, 1.165) is 11.1 Å². The Morgan fingerprint density at radius 3 is 1.76 bits per heavy atom. The van der Waals surface area contributed by atoms with Gasteiger partial charge in [0.25, 0.3) is 0 Å². The normalized spacial score (nSPS) is 13.6. The zero-order chi connectivity index (χ0) is 29.8. The van der Waals surface area contributed by atoms with E-state index in [4.69, 9.17) is 10.5 Å². The molecule has 3 aromatic rings. The number of aliphatic hydroxyl groups excluding tert-OH is 1. The first kappa shape index (κ1) is 30.6. The molecule has 3 aromatic carbocycles. The molecule has 0 aliphatic heterocycles. The van der Waals surface area contributed by atoms with Crippen molar-refractivity contribution in [1.82, 2.24) is 16.0 Å². The number of ether oxygens (including phenoxy) is 1. The number of alkyl carbamates (subject to hydrolysis) is 1. The SMILES string of the molecule is C[C@@H](O)[C@@H](NC(=O)[C@@H](Cc1ccc(O)cc1)NC(=O)[C@@H](Cc1ccccc1)NC(=O)OCc1ccccc1)C(N)=O. The Morgan fingerprint density at radius 1 is 0.732 bits per heavy atom. The molecular weight excluding hydrogens is 528 g/mol. The summed E-state index contributed by atoms with van der Waals surface area (Å²) in [6.45, 7) is 1.29. The molecule has 216 valence electrons. The molecule has 4 atom stereocenters. The van der Waals surface area contributed by atoms with E-state index in [1.807, 2.05) is 24.3 Å². The Balaban J connectivity index is 1.80. The predicted molar refractivity (Wildman–Crippen MR) is 150 cm³/mol. The maximum Gasteiger partial charge on any atom is 0.408 e. The Morgan fingerprint density at radius 2 is 1.22 bits per heavy atom. The first-order valence-electron chi connectivity index (χ1n) is 13.0. The average molecular weight is 563 g/mol. The van der Waals surface area contributed by atoms with Crippen molar-refractivity contribution in [3.05, 3.63) is 102 Å². The van der Waals surface area contributed by atoms with Crippen LogP contribution >= 0.6 is 0 Å². The summed E-state index contributed by atoms with van der Waals surface area (Å²) < 4.78 is 5.30. The first-order valence-corrected chi connectivity index (χ1v) is 13.0.